The second kappa shape index (κ2) is 11.2. The molecule has 2 saturated heterocycles. The van der Waals surface area contributed by atoms with Crippen LogP contribution in [0.2, 0.25) is 0 Å². The number of carbonyl (C=O) groups is 3. The number of hydrogen-bond acceptors (Lipinski definition) is 7. The summed E-state index contributed by atoms with van der Waals surface area (Å²) >= 11 is 0. The molecular weight excluding hydrogens is 574 g/mol. The molecule has 2 aliphatic heterocycles. The van der Waals surface area contributed by atoms with Crippen molar-refractivity contribution in [2.45, 2.75) is 89.5 Å². The summed E-state index contributed by atoms with van der Waals surface area (Å²) in [7, 11) is 1.61. The minimum absolute atomic E-state index is 0.0253. The van der Waals surface area contributed by atoms with Crippen LogP contribution in [0.1, 0.15) is 79.7 Å². The predicted molar refractivity (Wildman–Crippen MR) is 167 cm³/mol. The summed E-state index contributed by atoms with van der Waals surface area (Å²) in [5.41, 5.74) is 11.6. The van der Waals surface area contributed by atoms with Gasteiger partial charge in [-0.3, -0.25) is 18.8 Å². The average molecular weight is 614 g/mol. The van der Waals surface area contributed by atoms with E-state index in [4.69, 9.17) is 25.5 Å². The van der Waals surface area contributed by atoms with Gasteiger partial charge in [-0.15, -0.1) is 0 Å². The fourth-order valence-electron chi connectivity index (χ4n) is 7.22. The van der Waals surface area contributed by atoms with Gasteiger partial charge in [-0.2, -0.15) is 0 Å². The number of nitrogens with two attached hydrogens (primary N) is 1. The molecule has 0 aromatic carbocycles. The van der Waals surface area contributed by atoms with E-state index in [0.29, 0.717) is 28.7 Å². The zero-order valence-electron chi connectivity index (χ0n) is 25.8. The molecule has 12 heteroatoms. The summed E-state index contributed by atoms with van der Waals surface area (Å²) in [6.45, 7) is 4.65. The molecule has 12 nitrogen and oxygen atoms in total. The lowest BCUT2D eigenvalue weighted by atomic mass is 9.97. The molecule has 1 saturated carbocycles. The van der Waals surface area contributed by atoms with Gasteiger partial charge in [0.2, 0.25) is 5.91 Å². The normalized spacial score (nSPS) is 21.5. The topological polar surface area (TPSA) is 157 Å². The van der Waals surface area contributed by atoms with Crippen LogP contribution >= 0.6 is 0 Å². The Balaban J connectivity index is 1.26. The second-order valence-electron chi connectivity index (χ2n) is 12.9. The van der Waals surface area contributed by atoms with Gasteiger partial charge in [-0.25, -0.2) is 9.97 Å². The maximum Gasteiger partial charge on any atom is 0.303 e. The third kappa shape index (κ3) is 5.20. The quantitative estimate of drug-likeness (QED) is 0.244. The van der Waals surface area contributed by atoms with Crippen molar-refractivity contribution in [3.05, 3.63) is 47.3 Å². The van der Waals surface area contributed by atoms with Crippen molar-refractivity contribution >= 4 is 34.5 Å². The summed E-state index contributed by atoms with van der Waals surface area (Å²) in [5.74, 6) is -0.263. The van der Waals surface area contributed by atoms with E-state index in [0.717, 1.165) is 66.8 Å². The highest BCUT2D eigenvalue weighted by molar-refractivity contribution is 5.97. The number of rotatable bonds is 10. The Morgan fingerprint density at radius 1 is 1.11 bits per heavy atom. The van der Waals surface area contributed by atoms with E-state index in [1.54, 1.807) is 13.2 Å². The summed E-state index contributed by atoms with van der Waals surface area (Å²) in [6, 6.07) is 9.55. The molecular formula is C33H39N7O5. The number of methoxy groups -OCH3 is 1. The number of nitrogens with zero attached hydrogens (tertiary/aromatic N) is 5. The van der Waals surface area contributed by atoms with Gasteiger partial charge < -0.3 is 30.4 Å². The summed E-state index contributed by atoms with van der Waals surface area (Å²) in [4.78, 5) is 49.0. The zero-order chi connectivity index (χ0) is 31.6. The molecule has 4 aromatic heterocycles. The van der Waals surface area contributed by atoms with E-state index in [1.165, 1.54) is 0 Å². The fraction of sp³-hybridized carbons (Fsp3) is 0.485. The number of pyridine rings is 2. The van der Waals surface area contributed by atoms with Gasteiger partial charge in [0.1, 0.15) is 17.0 Å². The van der Waals surface area contributed by atoms with Crippen LogP contribution in [0.5, 0.6) is 5.88 Å². The molecule has 0 spiro atoms. The minimum Gasteiger partial charge on any atom is -0.482 e. The summed E-state index contributed by atoms with van der Waals surface area (Å²) < 4.78 is 9.97. The molecule has 4 atom stereocenters. The third-order valence-corrected chi connectivity index (χ3v) is 9.73. The number of fused-ring (bicyclic) bond motifs is 4. The SMILES string of the molecule is COc1cc(C(=O)N2[C@H]3CC[C@@H]2[C@H](N)C3)cc2nc(-c3cc4ccc([C@@H](C)NC(=O)CCC(=O)O)nc4n3CC3CC3)c(C)n12. The van der Waals surface area contributed by atoms with Crippen LogP contribution in [0, 0.1) is 12.8 Å². The molecule has 2 bridgehead atoms. The van der Waals surface area contributed by atoms with Crippen LogP contribution in [0.25, 0.3) is 28.1 Å². The van der Waals surface area contributed by atoms with E-state index < -0.39 is 5.97 Å². The van der Waals surface area contributed by atoms with Crippen LogP contribution in [-0.4, -0.2) is 72.0 Å². The Kier molecular flexibility index (Phi) is 7.26. The number of aromatic nitrogens is 4. The van der Waals surface area contributed by atoms with E-state index in [9.17, 15) is 14.4 Å². The van der Waals surface area contributed by atoms with Crippen LogP contribution in [0.15, 0.2) is 30.3 Å². The van der Waals surface area contributed by atoms with Gasteiger partial charge in [-0.05, 0) is 76.1 Å². The predicted octanol–water partition coefficient (Wildman–Crippen LogP) is 3.82. The summed E-state index contributed by atoms with van der Waals surface area (Å²) in [5, 5.41) is 12.7. The van der Waals surface area contributed by atoms with Crippen molar-refractivity contribution in [1.82, 2.24) is 29.2 Å². The van der Waals surface area contributed by atoms with E-state index in [2.05, 4.69) is 16.0 Å². The number of carboxylic acids is 1. The lowest BCUT2D eigenvalue weighted by Gasteiger charge is -2.23. The molecule has 45 heavy (non-hydrogen) atoms. The first-order chi connectivity index (χ1) is 21.6. The minimum atomic E-state index is -1.01. The first-order valence-corrected chi connectivity index (χ1v) is 15.8. The summed E-state index contributed by atoms with van der Waals surface area (Å²) in [6.07, 6.45) is 4.79. The lowest BCUT2D eigenvalue weighted by Crippen LogP contribution is -2.40. The number of nitrogens with one attached hydrogen (secondary N) is 1. The molecule has 2 amide bonds. The molecule has 3 fully saturated rings. The van der Waals surface area contributed by atoms with Gasteiger partial charge in [0.25, 0.3) is 5.91 Å². The Labute approximate surface area is 260 Å². The Hall–Kier alpha value is -4.45. The van der Waals surface area contributed by atoms with Gasteiger partial charge in [0.05, 0.1) is 36.7 Å². The van der Waals surface area contributed by atoms with Crippen LogP contribution in [0.3, 0.4) is 0 Å². The second-order valence-corrected chi connectivity index (χ2v) is 12.9. The van der Waals surface area contributed by atoms with Gasteiger partial charge in [0, 0.05) is 48.1 Å². The monoisotopic (exact) mass is 613 g/mol. The molecule has 236 valence electrons. The van der Waals surface area contributed by atoms with E-state index in [1.807, 2.05) is 41.3 Å². The lowest BCUT2D eigenvalue weighted by molar-refractivity contribution is -0.138. The first kappa shape index (κ1) is 29.3. The highest BCUT2D eigenvalue weighted by atomic mass is 16.5. The van der Waals surface area contributed by atoms with Crippen molar-refractivity contribution < 1.29 is 24.2 Å². The van der Waals surface area contributed by atoms with Crippen molar-refractivity contribution in [2.24, 2.45) is 11.7 Å². The van der Waals surface area contributed by atoms with Crippen molar-refractivity contribution in [2.75, 3.05) is 7.11 Å². The molecule has 4 aromatic rings. The van der Waals surface area contributed by atoms with Crippen molar-refractivity contribution in [3.63, 3.8) is 0 Å². The fourth-order valence-corrected chi connectivity index (χ4v) is 7.22. The Morgan fingerprint density at radius 3 is 2.58 bits per heavy atom. The number of amides is 2. The molecule has 1 aliphatic carbocycles. The molecule has 4 N–H and O–H groups in total. The highest BCUT2D eigenvalue weighted by Gasteiger charge is 2.47. The third-order valence-electron chi connectivity index (χ3n) is 9.73. The Morgan fingerprint density at radius 2 is 1.91 bits per heavy atom. The number of imidazole rings is 1. The van der Waals surface area contributed by atoms with Crippen molar-refractivity contribution in [3.8, 4) is 17.3 Å². The van der Waals surface area contributed by atoms with E-state index >= 15 is 0 Å². The van der Waals surface area contributed by atoms with Crippen LogP contribution < -0.4 is 15.8 Å². The first-order valence-electron chi connectivity index (χ1n) is 15.8. The number of carboxylic acid groups (broad SMARTS) is 1. The average Bonchev–Trinajstić information content (AvgIpc) is 3.34. The van der Waals surface area contributed by atoms with Crippen LogP contribution in [0.4, 0.5) is 0 Å². The number of hydrogen-bond donors (Lipinski definition) is 3. The van der Waals surface area contributed by atoms with Crippen molar-refractivity contribution in [1.29, 1.82) is 0 Å². The molecule has 0 radical (unpaired) electrons. The van der Waals surface area contributed by atoms with Gasteiger partial charge in [0.15, 0.2) is 5.88 Å². The zero-order valence-corrected chi connectivity index (χ0v) is 25.8. The van der Waals surface area contributed by atoms with Gasteiger partial charge >= 0.3 is 5.97 Å². The highest BCUT2D eigenvalue weighted by Crippen LogP contribution is 2.40. The number of carbonyl (C=O) groups excluding carboxylic acids is 2. The maximum atomic E-state index is 13.8. The smallest absolute Gasteiger partial charge is 0.303 e. The number of ether oxygens (including phenoxy) is 1. The number of aliphatic carboxylic acids is 1. The molecule has 0 unspecified atom stereocenters. The molecule has 3 aliphatic rings. The molecule has 6 heterocycles. The van der Waals surface area contributed by atoms with Crippen LogP contribution in [-0.2, 0) is 16.1 Å². The maximum absolute atomic E-state index is 13.8. The standard InChI is InChI=1S/C33H39N7O5/c1-17(35-28(41)10-11-30(42)43)24-8-6-20-12-26(38(32(20)36-24)16-19-4-5-19)31-18(2)39-27(37-31)13-21(14-29(39)45-3)33(44)40-22-7-9-25(40)23(34)15-22/h6,8,12-14,17,19,22-23,25H,4-5,7,9-11,15-16,34H2,1-3H3,(H,35,41)(H,42,43)/t17-,22+,23-,25-/m1/s1. The van der Waals surface area contributed by atoms with Gasteiger partial charge in [-0.1, -0.05) is 0 Å². The Bertz CT molecular complexity index is 1840. The van der Waals surface area contributed by atoms with E-state index in [-0.39, 0.29) is 48.8 Å². The number of aryl methyl sites for hydroxylation is 1. The largest absolute Gasteiger partial charge is 0.482 e. The molecule has 7 rings (SSSR count).